The highest BCUT2D eigenvalue weighted by Gasteiger charge is 2.09. The molecular formula is C22H27NO5. The van der Waals surface area contributed by atoms with E-state index in [0.717, 1.165) is 5.56 Å². The summed E-state index contributed by atoms with van der Waals surface area (Å²) in [5.41, 5.74) is 1.76. The Balaban J connectivity index is 1.61. The van der Waals surface area contributed by atoms with Gasteiger partial charge in [-0.2, -0.15) is 0 Å². The molecule has 2 rings (SSSR count). The fraction of sp³-hybridized carbons (Fsp3) is 0.364. The minimum atomic E-state index is -0.371. The van der Waals surface area contributed by atoms with Crippen molar-refractivity contribution < 1.29 is 23.8 Å². The van der Waals surface area contributed by atoms with Gasteiger partial charge < -0.3 is 19.5 Å². The van der Waals surface area contributed by atoms with Gasteiger partial charge in [0.25, 0.3) is 0 Å². The lowest BCUT2D eigenvalue weighted by Gasteiger charge is -2.09. The third-order valence-electron chi connectivity index (χ3n) is 3.89. The van der Waals surface area contributed by atoms with Crippen molar-refractivity contribution in [3.8, 4) is 5.75 Å². The van der Waals surface area contributed by atoms with E-state index in [1.807, 2.05) is 37.3 Å². The zero-order valence-electron chi connectivity index (χ0n) is 16.2. The molecule has 1 amide bonds. The minimum Gasteiger partial charge on any atom is -0.491 e. The van der Waals surface area contributed by atoms with E-state index in [9.17, 15) is 9.59 Å². The molecule has 6 nitrogen and oxygen atoms in total. The van der Waals surface area contributed by atoms with Gasteiger partial charge in [-0.1, -0.05) is 30.3 Å². The maximum absolute atomic E-state index is 12.0. The number of hydrogen-bond donors (Lipinski definition) is 1. The summed E-state index contributed by atoms with van der Waals surface area (Å²) >= 11 is 0. The molecule has 0 bridgehead atoms. The van der Waals surface area contributed by atoms with Gasteiger partial charge in [-0.25, -0.2) is 0 Å². The van der Waals surface area contributed by atoms with E-state index in [0.29, 0.717) is 44.3 Å². The lowest BCUT2D eigenvalue weighted by atomic mass is 10.2. The second-order valence-electron chi connectivity index (χ2n) is 6.07. The molecule has 0 radical (unpaired) electrons. The molecule has 0 fully saturated rings. The van der Waals surface area contributed by atoms with Crippen LogP contribution in [0.1, 0.15) is 25.3 Å². The van der Waals surface area contributed by atoms with Gasteiger partial charge in [-0.3, -0.25) is 9.59 Å². The van der Waals surface area contributed by atoms with Crippen LogP contribution in [-0.2, 0) is 25.5 Å². The molecule has 28 heavy (non-hydrogen) atoms. The van der Waals surface area contributed by atoms with Crippen LogP contribution in [0.25, 0.3) is 0 Å². The lowest BCUT2D eigenvalue weighted by molar-refractivity contribution is -0.144. The summed E-state index contributed by atoms with van der Waals surface area (Å²) in [6.07, 6.45) is 0.799. The third-order valence-corrected chi connectivity index (χ3v) is 3.89. The molecule has 0 aromatic heterocycles. The molecule has 6 heteroatoms. The number of esters is 1. The molecule has 0 aliphatic carbocycles. The Morgan fingerprint density at radius 1 is 0.893 bits per heavy atom. The SMILES string of the molecule is CCOCCOc1ccc(NC(=O)CCC(=O)OCCc2ccccc2)cc1. The topological polar surface area (TPSA) is 73.9 Å². The number of nitrogens with one attached hydrogen (secondary N) is 1. The van der Waals surface area contributed by atoms with Crippen LogP contribution in [0.5, 0.6) is 5.75 Å². The van der Waals surface area contributed by atoms with E-state index in [1.165, 1.54) is 0 Å². The highest BCUT2D eigenvalue weighted by atomic mass is 16.5. The van der Waals surface area contributed by atoms with Crippen molar-refractivity contribution >= 4 is 17.6 Å². The van der Waals surface area contributed by atoms with Crippen LogP contribution < -0.4 is 10.1 Å². The van der Waals surface area contributed by atoms with Gasteiger partial charge in [-0.05, 0) is 36.8 Å². The Kier molecular flexibility index (Phi) is 9.58. The summed E-state index contributed by atoms with van der Waals surface area (Å²) < 4.78 is 15.9. The molecule has 0 heterocycles. The Morgan fingerprint density at radius 3 is 2.36 bits per heavy atom. The predicted molar refractivity (Wildman–Crippen MR) is 107 cm³/mol. The van der Waals surface area contributed by atoms with Crippen molar-refractivity contribution in [3.63, 3.8) is 0 Å². The first kappa shape index (κ1) is 21.4. The van der Waals surface area contributed by atoms with Gasteiger partial charge >= 0.3 is 5.97 Å². The molecule has 1 N–H and O–H groups in total. The van der Waals surface area contributed by atoms with E-state index < -0.39 is 0 Å². The number of anilines is 1. The van der Waals surface area contributed by atoms with Crippen LogP contribution in [-0.4, -0.2) is 38.3 Å². The van der Waals surface area contributed by atoms with Crippen LogP contribution >= 0.6 is 0 Å². The average Bonchev–Trinajstić information content (AvgIpc) is 2.72. The number of carbonyl (C=O) groups is 2. The van der Waals surface area contributed by atoms with Crippen LogP contribution in [0.2, 0.25) is 0 Å². The van der Waals surface area contributed by atoms with Gasteiger partial charge in [0.2, 0.25) is 5.91 Å². The summed E-state index contributed by atoms with van der Waals surface area (Å²) in [6, 6.07) is 16.9. The van der Waals surface area contributed by atoms with Gasteiger partial charge in [0.05, 0.1) is 19.6 Å². The van der Waals surface area contributed by atoms with Crippen molar-refractivity contribution in [2.75, 3.05) is 31.7 Å². The van der Waals surface area contributed by atoms with E-state index in [1.54, 1.807) is 24.3 Å². The first-order valence-electron chi connectivity index (χ1n) is 9.47. The van der Waals surface area contributed by atoms with Crippen LogP contribution in [0.3, 0.4) is 0 Å². The smallest absolute Gasteiger partial charge is 0.306 e. The van der Waals surface area contributed by atoms with E-state index in [-0.39, 0.29) is 24.7 Å². The third kappa shape index (κ3) is 8.68. The predicted octanol–water partition coefficient (Wildman–Crippen LogP) is 3.61. The fourth-order valence-corrected chi connectivity index (χ4v) is 2.44. The number of hydrogen-bond acceptors (Lipinski definition) is 5. The van der Waals surface area contributed by atoms with Crippen molar-refractivity contribution in [2.24, 2.45) is 0 Å². The molecule has 0 aliphatic heterocycles. The zero-order valence-corrected chi connectivity index (χ0v) is 16.2. The second-order valence-corrected chi connectivity index (χ2v) is 6.07. The average molecular weight is 385 g/mol. The van der Waals surface area contributed by atoms with Crippen LogP contribution in [0.4, 0.5) is 5.69 Å². The second kappa shape index (κ2) is 12.5. The number of benzene rings is 2. The highest BCUT2D eigenvalue weighted by Crippen LogP contribution is 2.16. The Bertz CT molecular complexity index is 715. The maximum atomic E-state index is 12.0. The van der Waals surface area contributed by atoms with Gasteiger partial charge in [0.15, 0.2) is 0 Å². The number of amides is 1. The molecule has 0 atom stereocenters. The summed E-state index contributed by atoms with van der Waals surface area (Å²) in [6.45, 7) is 3.92. The first-order valence-corrected chi connectivity index (χ1v) is 9.47. The van der Waals surface area contributed by atoms with E-state index in [2.05, 4.69) is 5.32 Å². The van der Waals surface area contributed by atoms with Crippen molar-refractivity contribution in [1.82, 2.24) is 0 Å². The van der Waals surface area contributed by atoms with Crippen LogP contribution in [0, 0.1) is 0 Å². The summed E-state index contributed by atoms with van der Waals surface area (Å²) in [5, 5.41) is 2.76. The summed E-state index contributed by atoms with van der Waals surface area (Å²) in [7, 11) is 0. The molecule has 0 saturated heterocycles. The molecule has 2 aromatic rings. The molecule has 0 aliphatic rings. The Labute approximate surface area is 165 Å². The maximum Gasteiger partial charge on any atom is 0.306 e. The number of rotatable bonds is 12. The van der Waals surface area contributed by atoms with E-state index >= 15 is 0 Å². The van der Waals surface area contributed by atoms with Gasteiger partial charge in [-0.15, -0.1) is 0 Å². The highest BCUT2D eigenvalue weighted by molar-refractivity contribution is 5.92. The zero-order chi connectivity index (χ0) is 20.0. The molecular weight excluding hydrogens is 358 g/mol. The normalized spacial score (nSPS) is 10.3. The molecule has 0 unspecified atom stereocenters. The van der Waals surface area contributed by atoms with Gasteiger partial charge in [0.1, 0.15) is 12.4 Å². The largest absolute Gasteiger partial charge is 0.491 e. The van der Waals surface area contributed by atoms with Crippen molar-refractivity contribution in [1.29, 1.82) is 0 Å². The quantitative estimate of drug-likeness (QED) is 0.446. The molecule has 0 saturated carbocycles. The molecule has 0 spiro atoms. The first-order chi connectivity index (χ1) is 13.7. The van der Waals surface area contributed by atoms with Crippen molar-refractivity contribution in [3.05, 3.63) is 60.2 Å². The summed E-state index contributed by atoms with van der Waals surface area (Å²) in [5.74, 6) is 0.105. The minimum absolute atomic E-state index is 0.0548. The standard InChI is InChI=1S/C22H27NO5/c1-2-26-16-17-27-20-10-8-19(9-11-20)23-21(24)12-13-22(25)28-15-14-18-6-4-3-5-7-18/h3-11H,2,12-17H2,1H3,(H,23,24). The Hall–Kier alpha value is -2.86. The molecule has 2 aromatic carbocycles. The van der Waals surface area contributed by atoms with E-state index in [4.69, 9.17) is 14.2 Å². The summed E-state index contributed by atoms with van der Waals surface area (Å²) in [4.78, 5) is 23.7. The lowest BCUT2D eigenvalue weighted by Crippen LogP contribution is -2.15. The Morgan fingerprint density at radius 2 is 1.64 bits per heavy atom. The van der Waals surface area contributed by atoms with Gasteiger partial charge in [0, 0.05) is 25.1 Å². The number of carbonyl (C=O) groups excluding carboxylic acids is 2. The fourth-order valence-electron chi connectivity index (χ4n) is 2.44. The number of ether oxygens (including phenoxy) is 3. The van der Waals surface area contributed by atoms with Crippen molar-refractivity contribution in [2.45, 2.75) is 26.2 Å². The van der Waals surface area contributed by atoms with Crippen LogP contribution in [0.15, 0.2) is 54.6 Å². The monoisotopic (exact) mass is 385 g/mol. The molecule has 150 valence electrons.